The number of H-pyrrole nitrogens is 1. The van der Waals surface area contributed by atoms with Gasteiger partial charge in [0, 0.05) is 5.41 Å². The highest BCUT2D eigenvalue weighted by molar-refractivity contribution is 7.99. The van der Waals surface area contributed by atoms with Gasteiger partial charge in [0.2, 0.25) is 5.95 Å². The highest BCUT2D eigenvalue weighted by Gasteiger charge is 2.32. The Morgan fingerprint density at radius 3 is 2.69 bits per heavy atom. The van der Waals surface area contributed by atoms with Crippen LogP contribution in [-0.4, -0.2) is 26.7 Å². The molecule has 1 fully saturated rings. The summed E-state index contributed by atoms with van der Waals surface area (Å²) in [6, 6.07) is 0. The van der Waals surface area contributed by atoms with Crippen LogP contribution in [0.3, 0.4) is 0 Å². The zero-order valence-corrected chi connectivity index (χ0v) is 8.52. The first kappa shape index (κ1) is 8.87. The van der Waals surface area contributed by atoms with Gasteiger partial charge in [0.1, 0.15) is 5.82 Å². The topological polar surface area (TPSA) is 67.6 Å². The fourth-order valence-corrected chi connectivity index (χ4v) is 3.00. The molecule has 0 amide bonds. The standard InChI is InChI=1S/C8H14N4S/c1-8(2-4-13-5-3-8)6-10-7(9)12-11-6/h2-5H2,1H3,(H3,9,10,11,12). The Hall–Kier alpha value is -0.710. The van der Waals surface area contributed by atoms with E-state index in [0.29, 0.717) is 5.95 Å². The van der Waals surface area contributed by atoms with E-state index < -0.39 is 0 Å². The Balaban J connectivity index is 2.22. The first-order valence-electron chi connectivity index (χ1n) is 4.47. The van der Waals surface area contributed by atoms with Crippen molar-refractivity contribution in [2.45, 2.75) is 25.2 Å². The van der Waals surface area contributed by atoms with E-state index in [0.717, 1.165) is 18.7 Å². The highest BCUT2D eigenvalue weighted by atomic mass is 32.2. The van der Waals surface area contributed by atoms with Gasteiger partial charge in [-0.2, -0.15) is 16.7 Å². The molecule has 4 nitrogen and oxygen atoms in total. The molecular weight excluding hydrogens is 184 g/mol. The Labute approximate surface area is 81.7 Å². The molecule has 72 valence electrons. The summed E-state index contributed by atoms with van der Waals surface area (Å²) in [5.41, 5.74) is 5.65. The summed E-state index contributed by atoms with van der Waals surface area (Å²) >= 11 is 2.01. The van der Waals surface area contributed by atoms with Crippen LogP contribution in [0.5, 0.6) is 0 Å². The summed E-state index contributed by atoms with van der Waals surface area (Å²) < 4.78 is 0. The molecule has 0 unspecified atom stereocenters. The van der Waals surface area contributed by atoms with Gasteiger partial charge >= 0.3 is 0 Å². The summed E-state index contributed by atoms with van der Waals surface area (Å²) in [5.74, 6) is 3.72. The van der Waals surface area contributed by atoms with Gasteiger partial charge in [-0.05, 0) is 24.3 Å². The molecule has 1 aliphatic rings. The van der Waals surface area contributed by atoms with Crippen molar-refractivity contribution in [1.82, 2.24) is 15.2 Å². The van der Waals surface area contributed by atoms with Gasteiger partial charge in [0.15, 0.2) is 0 Å². The van der Waals surface area contributed by atoms with Crippen molar-refractivity contribution in [2.24, 2.45) is 0 Å². The molecule has 13 heavy (non-hydrogen) atoms. The van der Waals surface area contributed by atoms with Gasteiger partial charge in [0.05, 0.1) is 0 Å². The van der Waals surface area contributed by atoms with Gasteiger partial charge in [-0.3, -0.25) is 5.10 Å². The minimum Gasteiger partial charge on any atom is -0.367 e. The van der Waals surface area contributed by atoms with E-state index in [2.05, 4.69) is 22.1 Å². The molecule has 0 aromatic carbocycles. The van der Waals surface area contributed by atoms with Crippen molar-refractivity contribution in [3.63, 3.8) is 0 Å². The van der Waals surface area contributed by atoms with E-state index in [9.17, 15) is 0 Å². The lowest BCUT2D eigenvalue weighted by Gasteiger charge is -2.30. The molecule has 2 heterocycles. The highest BCUT2D eigenvalue weighted by Crippen LogP contribution is 2.35. The van der Waals surface area contributed by atoms with E-state index in [1.54, 1.807) is 0 Å². The summed E-state index contributed by atoms with van der Waals surface area (Å²) in [6.07, 6.45) is 2.32. The van der Waals surface area contributed by atoms with Crippen LogP contribution in [0, 0.1) is 0 Å². The van der Waals surface area contributed by atoms with Crippen molar-refractivity contribution in [3.05, 3.63) is 5.82 Å². The number of aromatic nitrogens is 3. The smallest absolute Gasteiger partial charge is 0.239 e. The third kappa shape index (κ3) is 1.65. The normalized spacial score (nSPS) is 21.6. The number of nitrogen functional groups attached to an aromatic ring is 1. The molecule has 0 saturated carbocycles. The number of aromatic amines is 1. The van der Waals surface area contributed by atoms with Crippen molar-refractivity contribution in [1.29, 1.82) is 0 Å². The first-order chi connectivity index (χ1) is 6.21. The largest absolute Gasteiger partial charge is 0.367 e. The second-order valence-electron chi connectivity index (χ2n) is 3.72. The second-order valence-corrected chi connectivity index (χ2v) is 4.94. The Bertz CT molecular complexity index is 290. The molecule has 1 saturated heterocycles. The lowest BCUT2D eigenvalue weighted by Crippen LogP contribution is -2.28. The maximum atomic E-state index is 5.49. The van der Waals surface area contributed by atoms with E-state index in [-0.39, 0.29) is 5.41 Å². The molecule has 5 heteroatoms. The molecule has 1 aromatic rings. The van der Waals surface area contributed by atoms with Crippen LogP contribution in [-0.2, 0) is 5.41 Å². The zero-order valence-electron chi connectivity index (χ0n) is 7.71. The fourth-order valence-electron chi connectivity index (χ4n) is 1.60. The molecule has 2 rings (SSSR count). The van der Waals surface area contributed by atoms with E-state index in [1.165, 1.54) is 11.5 Å². The quantitative estimate of drug-likeness (QED) is 0.711. The molecule has 1 aromatic heterocycles. The summed E-state index contributed by atoms with van der Waals surface area (Å²) in [5, 5.41) is 6.79. The Kier molecular flexibility index (Phi) is 2.19. The van der Waals surface area contributed by atoms with Gasteiger partial charge < -0.3 is 5.73 Å². The molecule has 0 atom stereocenters. The van der Waals surface area contributed by atoms with E-state index in [4.69, 9.17) is 5.73 Å². The van der Waals surface area contributed by atoms with Crippen LogP contribution in [0.2, 0.25) is 0 Å². The van der Waals surface area contributed by atoms with Crippen molar-refractivity contribution < 1.29 is 0 Å². The maximum Gasteiger partial charge on any atom is 0.239 e. The number of hydrogen-bond acceptors (Lipinski definition) is 4. The molecular formula is C8H14N4S. The molecule has 0 bridgehead atoms. The monoisotopic (exact) mass is 198 g/mol. The van der Waals surface area contributed by atoms with Crippen LogP contribution in [0.4, 0.5) is 5.95 Å². The summed E-state index contributed by atoms with van der Waals surface area (Å²) in [4.78, 5) is 4.21. The SMILES string of the molecule is CC1(c2nc(N)n[nH]2)CCSCC1. The molecule has 0 aliphatic carbocycles. The van der Waals surface area contributed by atoms with E-state index in [1.807, 2.05) is 11.8 Å². The van der Waals surface area contributed by atoms with E-state index >= 15 is 0 Å². The maximum absolute atomic E-state index is 5.49. The Morgan fingerprint density at radius 1 is 1.46 bits per heavy atom. The minimum absolute atomic E-state index is 0.163. The number of hydrogen-bond donors (Lipinski definition) is 2. The van der Waals surface area contributed by atoms with Gasteiger partial charge in [-0.1, -0.05) is 6.92 Å². The predicted octanol–water partition coefficient (Wildman–Crippen LogP) is 1.17. The number of rotatable bonds is 1. The average Bonchev–Trinajstić information content (AvgIpc) is 2.54. The number of nitrogens with two attached hydrogens (primary N) is 1. The van der Waals surface area contributed by atoms with Crippen LogP contribution in [0.15, 0.2) is 0 Å². The Morgan fingerprint density at radius 2 is 2.15 bits per heavy atom. The fraction of sp³-hybridized carbons (Fsp3) is 0.750. The van der Waals surface area contributed by atoms with Crippen molar-refractivity contribution in [2.75, 3.05) is 17.2 Å². The number of nitrogens with one attached hydrogen (secondary N) is 1. The van der Waals surface area contributed by atoms with Crippen LogP contribution in [0.1, 0.15) is 25.6 Å². The third-order valence-corrected chi connectivity index (χ3v) is 3.66. The minimum atomic E-state index is 0.163. The number of thioether (sulfide) groups is 1. The van der Waals surface area contributed by atoms with Crippen molar-refractivity contribution >= 4 is 17.7 Å². The number of anilines is 1. The number of nitrogens with zero attached hydrogens (tertiary/aromatic N) is 2. The zero-order chi connectivity index (χ0) is 9.31. The van der Waals surface area contributed by atoms with Crippen LogP contribution >= 0.6 is 11.8 Å². The van der Waals surface area contributed by atoms with Crippen LogP contribution < -0.4 is 5.73 Å². The summed E-state index contributed by atoms with van der Waals surface area (Å²) in [7, 11) is 0. The van der Waals surface area contributed by atoms with Gasteiger partial charge in [-0.25, -0.2) is 0 Å². The lowest BCUT2D eigenvalue weighted by atomic mass is 9.83. The average molecular weight is 198 g/mol. The molecule has 3 N–H and O–H groups in total. The molecule has 0 radical (unpaired) electrons. The van der Waals surface area contributed by atoms with Gasteiger partial charge in [-0.15, -0.1) is 5.10 Å². The summed E-state index contributed by atoms with van der Waals surface area (Å²) in [6.45, 7) is 2.23. The third-order valence-electron chi connectivity index (χ3n) is 2.67. The molecule has 1 aliphatic heterocycles. The first-order valence-corrected chi connectivity index (χ1v) is 5.62. The van der Waals surface area contributed by atoms with Crippen molar-refractivity contribution in [3.8, 4) is 0 Å². The lowest BCUT2D eigenvalue weighted by molar-refractivity contribution is 0.411. The van der Waals surface area contributed by atoms with Crippen LogP contribution in [0.25, 0.3) is 0 Å². The second kappa shape index (κ2) is 3.21. The molecule has 0 spiro atoms. The predicted molar refractivity (Wildman–Crippen MR) is 54.7 cm³/mol. The van der Waals surface area contributed by atoms with Gasteiger partial charge in [0.25, 0.3) is 0 Å².